The Balaban J connectivity index is 2.02. The van der Waals surface area contributed by atoms with Crippen LogP contribution in [0.2, 0.25) is 0 Å². The fourth-order valence-corrected chi connectivity index (χ4v) is 1.25. The molecule has 17 heavy (non-hydrogen) atoms. The van der Waals surface area contributed by atoms with E-state index < -0.39 is 0 Å². The summed E-state index contributed by atoms with van der Waals surface area (Å²) in [4.78, 5) is 15.5. The molecular weight excluding hydrogens is 224 g/mol. The van der Waals surface area contributed by atoms with Crippen LogP contribution in [-0.4, -0.2) is 31.3 Å². The summed E-state index contributed by atoms with van der Waals surface area (Å²) in [6.07, 6.45) is 1.34. The smallest absolute Gasteiger partial charge is 0.251 e. The van der Waals surface area contributed by atoms with Crippen molar-refractivity contribution in [1.82, 2.24) is 20.5 Å². The van der Waals surface area contributed by atoms with E-state index in [1.54, 1.807) is 0 Å². The minimum atomic E-state index is -0.378. The topological polar surface area (TPSA) is 111 Å². The van der Waals surface area contributed by atoms with Gasteiger partial charge < -0.3 is 15.5 Å². The Kier molecular flexibility index (Phi) is 2.91. The molecule has 0 unspecified atom stereocenters. The molecule has 1 amide bonds. The molecule has 0 radical (unpaired) electrons. The Labute approximate surface area is 96.1 Å². The van der Waals surface area contributed by atoms with Gasteiger partial charge in [0.2, 0.25) is 0 Å². The van der Waals surface area contributed by atoms with Crippen molar-refractivity contribution in [3.63, 3.8) is 0 Å². The average Bonchev–Trinajstić information content (AvgIpc) is 2.82. The number of phenols is 2. The van der Waals surface area contributed by atoms with Crippen LogP contribution in [0.15, 0.2) is 24.5 Å². The van der Waals surface area contributed by atoms with Gasteiger partial charge in [0.15, 0.2) is 11.5 Å². The van der Waals surface area contributed by atoms with E-state index >= 15 is 0 Å². The zero-order valence-corrected chi connectivity index (χ0v) is 8.71. The first kappa shape index (κ1) is 10.9. The lowest BCUT2D eigenvalue weighted by molar-refractivity contribution is 0.0949. The Morgan fingerprint density at radius 3 is 2.82 bits per heavy atom. The van der Waals surface area contributed by atoms with Crippen LogP contribution in [0.1, 0.15) is 16.2 Å². The molecule has 4 N–H and O–H groups in total. The monoisotopic (exact) mass is 234 g/mol. The number of carbonyl (C=O) groups excluding carboxylic acids is 1. The van der Waals surface area contributed by atoms with Crippen LogP contribution in [0, 0.1) is 0 Å². The third-order valence-corrected chi connectivity index (χ3v) is 2.12. The lowest BCUT2D eigenvalue weighted by atomic mass is 10.2. The maximum atomic E-state index is 11.6. The van der Waals surface area contributed by atoms with Crippen LogP contribution >= 0.6 is 0 Å². The zero-order valence-electron chi connectivity index (χ0n) is 8.71. The maximum absolute atomic E-state index is 11.6. The second kappa shape index (κ2) is 4.52. The molecule has 0 atom stereocenters. The van der Waals surface area contributed by atoms with Gasteiger partial charge in [0.1, 0.15) is 12.2 Å². The number of rotatable bonds is 3. The summed E-state index contributed by atoms with van der Waals surface area (Å²) in [5.74, 6) is -0.452. The number of nitrogens with one attached hydrogen (secondary N) is 2. The summed E-state index contributed by atoms with van der Waals surface area (Å²) in [5.41, 5.74) is 0.250. The molecule has 0 bridgehead atoms. The Morgan fingerprint density at radius 2 is 2.18 bits per heavy atom. The van der Waals surface area contributed by atoms with Gasteiger partial charge in [-0.15, -0.1) is 0 Å². The molecule has 1 aromatic heterocycles. The fourth-order valence-electron chi connectivity index (χ4n) is 1.25. The van der Waals surface area contributed by atoms with Gasteiger partial charge >= 0.3 is 0 Å². The SMILES string of the molecule is O=C(NCc1ncn[nH]1)c1ccc(O)c(O)c1. The van der Waals surface area contributed by atoms with Gasteiger partial charge in [-0.05, 0) is 18.2 Å². The minimum absolute atomic E-state index is 0.209. The summed E-state index contributed by atoms with van der Waals surface area (Å²) in [5, 5.41) is 27.2. The van der Waals surface area contributed by atoms with Crippen molar-refractivity contribution in [2.45, 2.75) is 6.54 Å². The summed E-state index contributed by atoms with van der Waals surface area (Å²) < 4.78 is 0. The van der Waals surface area contributed by atoms with Gasteiger partial charge in [0.25, 0.3) is 5.91 Å². The minimum Gasteiger partial charge on any atom is -0.504 e. The molecule has 2 rings (SSSR count). The van der Waals surface area contributed by atoms with Gasteiger partial charge in [-0.3, -0.25) is 9.89 Å². The van der Waals surface area contributed by atoms with Crippen LogP contribution < -0.4 is 5.32 Å². The number of H-pyrrole nitrogens is 1. The number of amides is 1. The molecule has 0 fully saturated rings. The van der Waals surface area contributed by atoms with Crippen LogP contribution in [-0.2, 0) is 6.54 Å². The van der Waals surface area contributed by atoms with E-state index in [9.17, 15) is 9.90 Å². The van der Waals surface area contributed by atoms with E-state index in [-0.39, 0.29) is 29.5 Å². The molecule has 0 aliphatic rings. The zero-order chi connectivity index (χ0) is 12.3. The number of aromatic hydroxyl groups is 2. The van der Waals surface area contributed by atoms with Crippen molar-refractivity contribution in [2.75, 3.05) is 0 Å². The first-order chi connectivity index (χ1) is 8.16. The second-order valence-corrected chi connectivity index (χ2v) is 3.32. The van der Waals surface area contributed by atoms with Crippen molar-refractivity contribution in [1.29, 1.82) is 0 Å². The van der Waals surface area contributed by atoms with Gasteiger partial charge in [-0.2, -0.15) is 5.10 Å². The number of hydrogen-bond acceptors (Lipinski definition) is 5. The predicted octanol–water partition coefficient (Wildman–Crippen LogP) is 0.146. The van der Waals surface area contributed by atoms with Crippen LogP contribution in [0.5, 0.6) is 11.5 Å². The molecule has 7 nitrogen and oxygen atoms in total. The Morgan fingerprint density at radius 1 is 1.35 bits per heavy atom. The molecule has 0 aliphatic carbocycles. The van der Waals surface area contributed by atoms with Crippen molar-refractivity contribution in [2.24, 2.45) is 0 Å². The largest absolute Gasteiger partial charge is 0.504 e. The lowest BCUT2D eigenvalue weighted by Gasteiger charge is -2.04. The highest BCUT2D eigenvalue weighted by atomic mass is 16.3. The highest BCUT2D eigenvalue weighted by Gasteiger charge is 2.08. The summed E-state index contributed by atoms with van der Waals surface area (Å²) in [6, 6.07) is 3.84. The molecule has 7 heteroatoms. The molecular formula is C10H10N4O3. The second-order valence-electron chi connectivity index (χ2n) is 3.32. The maximum Gasteiger partial charge on any atom is 0.251 e. The van der Waals surface area contributed by atoms with Gasteiger partial charge in [-0.25, -0.2) is 4.98 Å². The number of aromatic amines is 1. The summed E-state index contributed by atoms with van der Waals surface area (Å²) >= 11 is 0. The van der Waals surface area contributed by atoms with E-state index in [1.807, 2.05) is 0 Å². The number of aromatic nitrogens is 3. The summed E-state index contributed by atoms with van der Waals surface area (Å²) in [7, 11) is 0. The fraction of sp³-hybridized carbons (Fsp3) is 0.100. The van der Waals surface area contributed by atoms with E-state index in [1.165, 1.54) is 24.5 Å². The van der Waals surface area contributed by atoms with Crippen LogP contribution in [0.3, 0.4) is 0 Å². The number of nitrogens with zero attached hydrogens (tertiary/aromatic N) is 2. The molecule has 0 aliphatic heterocycles. The number of hydrogen-bond donors (Lipinski definition) is 4. The molecule has 0 saturated heterocycles. The van der Waals surface area contributed by atoms with Crippen LogP contribution in [0.4, 0.5) is 0 Å². The number of carbonyl (C=O) groups is 1. The highest BCUT2D eigenvalue weighted by molar-refractivity contribution is 5.94. The van der Waals surface area contributed by atoms with Crippen LogP contribution in [0.25, 0.3) is 0 Å². The molecule has 1 heterocycles. The van der Waals surface area contributed by atoms with Gasteiger partial charge in [0, 0.05) is 5.56 Å². The molecule has 0 spiro atoms. The quantitative estimate of drug-likeness (QED) is 0.565. The Bertz CT molecular complexity index is 524. The summed E-state index contributed by atoms with van der Waals surface area (Å²) in [6.45, 7) is 0.209. The van der Waals surface area contributed by atoms with Crippen molar-refractivity contribution in [3.8, 4) is 11.5 Å². The van der Waals surface area contributed by atoms with Crippen molar-refractivity contribution < 1.29 is 15.0 Å². The number of phenolic OH excluding ortho intramolecular Hbond substituents is 2. The van der Waals surface area contributed by atoms with E-state index in [2.05, 4.69) is 20.5 Å². The van der Waals surface area contributed by atoms with Gasteiger partial charge in [0.05, 0.1) is 6.54 Å². The lowest BCUT2D eigenvalue weighted by Crippen LogP contribution is -2.23. The van der Waals surface area contributed by atoms with Crippen molar-refractivity contribution >= 4 is 5.91 Å². The predicted molar refractivity (Wildman–Crippen MR) is 57.3 cm³/mol. The average molecular weight is 234 g/mol. The standard InChI is InChI=1S/C10H10N4O3/c15-7-2-1-6(3-8(7)16)10(17)11-4-9-12-5-13-14-9/h1-3,5,15-16H,4H2,(H,11,17)(H,12,13,14). The third kappa shape index (κ3) is 2.51. The highest BCUT2D eigenvalue weighted by Crippen LogP contribution is 2.24. The number of benzene rings is 1. The van der Waals surface area contributed by atoms with E-state index in [0.29, 0.717) is 5.82 Å². The van der Waals surface area contributed by atoms with Crippen molar-refractivity contribution in [3.05, 3.63) is 35.9 Å². The first-order valence-electron chi connectivity index (χ1n) is 4.81. The molecule has 2 aromatic rings. The molecule has 0 saturated carbocycles. The van der Waals surface area contributed by atoms with E-state index in [4.69, 9.17) is 5.11 Å². The third-order valence-electron chi connectivity index (χ3n) is 2.12. The van der Waals surface area contributed by atoms with E-state index in [0.717, 1.165) is 0 Å². The van der Waals surface area contributed by atoms with Gasteiger partial charge in [-0.1, -0.05) is 0 Å². The Hall–Kier alpha value is -2.57. The molecule has 1 aromatic carbocycles. The molecule has 88 valence electrons. The first-order valence-corrected chi connectivity index (χ1v) is 4.81. The normalized spacial score (nSPS) is 10.1.